The van der Waals surface area contributed by atoms with Gasteiger partial charge in [-0.2, -0.15) is 0 Å². The first-order chi connectivity index (χ1) is 14.5. The predicted molar refractivity (Wildman–Crippen MR) is 117 cm³/mol. The maximum absolute atomic E-state index is 13.1. The molecule has 0 aliphatic heterocycles. The Kier molecular flexibility index (Phi) is 9.87. The Bertz CT molecular complexity index is 778. The van der Waals surface area contributed by atoms with Crippen molar-refractivity contribution in [1.29, 1.82) is 0 Å². The van der Waals surface area contributed by atoms with Crippen LogP contribution < -0.4 is 10.1 Å². The molecule has 1 atom stereocenters. The zero-order valence-electron chi connectivity index (χ0n) is 18.1. The van der Waals surface area contributed by atoms with E-state index >= 15 is 0 Å². The molecule has 1 N–H and O–H groups in total. The van der Waals surface area contributed by atoms with Gasteiger partial charge in [0.1, 0.15) is 11.8 Å². The van der Waals surface area contributed by atoms with Crippen LogP contribution in [0.5, 0.6) is 5.75 Å². The maximum atomic E-state index is 13.1. The lowest BCUT2D eigenvalue weighted by Gasteiger charge is -2.29. The van der Waals surface area contributed by atoms with Crippen LogP contribution in [0.25, 0.3) is 0 Å². The number of hydrogen-bond acceptors (Lipinski definition) is 4. The fraction of sp³-hybridized carbons (Fsp3) is 0.417. The number of methoxy groups -OCH3 is 2. The number of hydrogen-bond donors (Lipinski definition) is 1. The molecule has 162 valence electrons. The Morgan fingerprint density at radius 1 is 1.00 bits per heavy atom. The standard InChI is InChI=1S/C24H32N2O4/c1-19(24(28)25-16-7-17-29-2)26(18-21-10-13-22(30-3)14-11-21)23(27)15-12-20-8-5-4-6-9-20/h4-6,8-11,13-14,19H,7,12,15-18H2,1-3H3,(H,25,28). The topological polar surface area (TPSA) is 67.9 Å². The second kappa shape index (κ2) is 12.6. The SMILES string of the molecule is COCCCNC(=O)C(C)N(Cc1ccc(OC)cc1)C(=O)CCc1ccccc1. The van der Waals surface area contributed by atoms with E-state index in [1.165, 1.54) is 0 Å². The van der Waals surface area contributed by atoms with E-state index in [9.17, 15) is 9.59 Å². The summed E-state index contributed by atoms with van der Waals surface area (Å²) in [5, 5.41) is 2.90. The van der Waals surface area contributed by atoms with E-state index in [0.717, 1.165) is 23.3 Å². The Hall–Kier alpha value is -2.86. The largest absolute Gasteiger partial charge is 0.497 e. The summed E-state index contributed by atoms with van der Waals surface area (Å²) in [5.41, 5.74) is 2.05. The van der Waals surface area contributed by atoms with Crippen molar-refractivity contribution in [3.63, 3.8) is 0 Å². The van der Waals surface area contributed by atoms with Crippen LogP contribution in [-0.4, -0.2) is 50.1 Å². The normalized spacial score (nSPS) is 11.6. The molecule has 2 amide bonds. The number of nitrogens with one attached hydrogen (secondary N) is 1. The third kappa shape index (κ3) is 7.52. The van der Waals surface area contributed by atoms with E-state index in [0.29, 0.717) is 32.5 Å². The molecule has 2 aromatic rings. The summed E-state index contributed by atoms with van der Waals surface area (Å²) in [6.07, 6.45) is 1.72. The van der Waals surface area contributed by atoms with E-state index in [1.54, 1.807) is 26.0 Å². The summed E-state index contributed by atoms with van der Waals surface area (Å²) in [5.74, 6) is 0.548. The number of nitrogens with zero attached hydrogens (tertiary/aromatic N) is 1. The van der Waals surface area contributed by atoms with Crippen molar-refractivity contribution < 1.29 is 19.1 Å². The number of aryl methyl sites for hydroxylation is 1. The molecule has 0 aliphatic rings. The molecule has 6 nitrogen and oxygen atoms in total. The molecule has 0 spiro atoms. The second-order valence-corrected chi connectivity index (χ2v) is 7.17. The van der Waals surface area contributed by atoms with Crippen LogP contribution in [0.1, 0.15) is 30.9 Å². The van der Waals surface area contributed by atoms with Crippen molar-refractivity contribution in [3.8, 4) is 5.75 Å². The summed E-state index contributed by atoms with van der Waals surface area (Å²) >= 11 is 0. The predicted octanol–water partition coefficient (Wildman–Crippen LogP) is 3.20. The van der Waals surface area contributed by atoms with E-state index in [4.69, 9.17) is 9.47 Å². The van der Waals surface area contributed by atoms with Crippen molar-refractivity contribution in [2.24, 2.45) is 0 Å². The van der Waals surface area contributed by atoms with E-state index in [1.807, 2.05) is 54.6 Å². The maximum Gasteiger partial charge on any atom is 0.242 e. The van der Waals surface area contributed by atoms with Crippen molar-refractivity contribution in [2.45, 2.75) is 38.8 Å². The molecule has 0 aliphatic carbocycles. The first-order valence-corrected chi connectivity index (χ1v) is 10.3. The molecule has 0 saturated heterocycles. The molecule has 0 radical (unpaired) electrons. The Labute approximate surface area is 179 Å². The first kappa shape index (κ1) is 23.4. The van der Waals surface area contributed by atoms with Crippen LogP contribution in [0.2, 0.25) is 0 Å². The summed E-state index contributed by atoms with van der Waals surface area (Å²) in [4.78, 5) is 27.4. The van der Waals surface area contributed by atoms with E-state index in [-0.39, 0.29) is 11.8 Å². The first-order valence-electron chi connectivity index (χ1n) is 10.3. The van der Waals surface area contributed by atoms with Crippen LogP contribution >= 0.6 is 0 Å². The number of carbonyl (C=O) groups is 2. The van der Waals surface area contributed by atoms with Gasteiger partial charge in [-0.1, -0.05) is 42.5 Å². The Balaban J connectivity index is 2.07. The van der Waals surface area contributed by atoms with Crippen molar-refractivity contribution in [3.05, 3.63) is 65.7 Å². The summed E-state index contributed by atoms with van der Waals surface area (Å²) in [6.45, 7) is 3.24. The van der Waals surface area contributed by atoms with Crippen molar-refractivity contribution >= 4 is 11.8 Å². The number of rotatable bonds is 12. The molecule has 2 rings (SSSR count). The lowest BCUT2D eigenvalue weighted by Crippen LogP contribution is -2.48. The van der Waals surface area contributed by atoms with Gasteiger partial charge in [-0.15, -0.1) is 0 Å². The highest BCUT2D eigenvalue weighted by atomic mass is 16.5. The average molecular weight is 413 g/mol. The zero-order chi connectivity index (χ0) is 21.8. The molecule has 0 heterocycles. The van der Waals surface area contributed by atoms with Crippen LogP contribution in [-0.2, 0) is 27.3 Å². The summed E-state index contributed by atoms with van der Waals surface area (Å²) in [7, 11) is 3.25. The van der Waals surface area contributed by atoms with Crippen LogP contribution in [0.15, 0.2) is 54.6 Å². The lowest BCUT2D eigenvalue weighted by atomic mass is 10.1. The van der Waals surface area contributed by atoms with Gasteiger partial charge < -0.3 is 19.7 Å². The molecule has 0 aromatic heterocycles. The lowest BCUT2D eigenvalue weighted by molar-refractivity contribution is -0.140. The fourth-order valence-electron chi connectivity index (χ4n) is 3.13. The van der Waals surface area contributed by atoms with Crippen LogP contribution in [0.3, 0.4) is 0 Å². The highest BCUT2D eigenvalue weighted by molar-refractivity contribution is 5.87. The average Bonchev–Trinajstić information content (AvgIpc) is 2.79. The highest BCUT2D eigenvalue weighted by Gasteiger charge is 2.25. The van der Waals surface area contributed by atoms with Crippen molar-refractivity contribution in [2.75, 3.05) is 27.4 Å². The van der Waals surface area contributed by atoms with Crippen LogP contribution in [0.4, 0.5) is 0 Å². The monoisotopic (exact) mass is 412 g/mol. The highest BCUT2D eigenvalue weighted by Crippen LogP contribution is 2.16. The van der Waals surface area contributed by atoms with Gasteiger partial charge in [0.15, 0.2) is 0 Å². The van der Waals surface area contributed by atoms with Crippen molar-refractivity contribution in [1.82, 2.24) is 10.2 Å². The minimum Gasteiger partial charge on any atom is -0.497 e. The van der Waals surface area contributed by atoms with E-state index in [2.05, 4.69) is 5.32 Å². The molecule has 30 heavy (non-hydrogen) atoms. The number of benzene rings is 2. The quantitative estimate of drug-likeness (QED) is 0.544. The van der Waals surface area contributed by atoms with Gasteiger partial charge in [-0.25, -0.2) is 0 Å². The zero-order valence-corrected chi connectivity index (χ0v) is 18.1. The Morgan fingerprint density at radius 2 is 1.70 bits per heavy atom. The minimum atomic E-state index is -0.571. The number of amides is 2. The molecule has 0 saturated carbocycles. The third-order valence-electron chi connectivity index (χ3n) is 4.97. The van der Waals surface area contributed by atoms with Gasteiger partial charge in [-0.05, 0) is 43.0 Å². The molecule has 0 bridgehead atoms. The van der Waals surface area contributed by atoms with Gasteiger partial charge in [-0.3, -0.25) is 9.59 Å². The number of ether oxygens (including phenoxy) is 2. The summed E-state index contributed by atoms with van der Waals surface area (Å²) < 4.78 is 10.2. The Morgan fingerprint density at radius 3 is 2.33 bits per heavy atom. The van der Waals surface area contributed by atoms with Crippen LogP contribution in [0, 0.1) is 0 Å². The van der Waals surface area contributed by atoms with E-state index < -0.39 is 6.04 Å². The smallest absolute Gasteiger partial charge is 0.242 e. The van der Waals surface area contributed by atoms with Gasteiger partial charge in [0.05, 0.1) is 7.11 Å². The number of carbonyl (C=O) groups excluding carboxylic acids is 2. The van der Waals surface area contributed by atoms with Gasteiger partial charge in [0.25, 0.3) is 0 Å². The molecular weight excluding hydrogens is 380 g/mol. The third-order valence-corrected chi connectivity index (χ3v) is 4.97. The van der Waals surface area contributed by atoms with Gasteiger partial charge in [0, 0.05) is 33.2 Å². The van der Waals surface area contributed by atoms with Gasteiger partial charge >= 0.3 is 0 Å². The minimum absolute atomic E-state index is 0.0470. The second-order valence-electron chi connectivity index (χ2n) is 7.17. The summed E-state index contributed by atoms with van der Waals surface area (Å²) in [6, 6.07) is 16.9. The van der Waals surface area contributed by atoms with Gasteiger partial charge in [0.2, 0.25) is 11.8 Å². The fourth-order valence-corrected chi connectivity index (χ4v) is 3.13. The molecule has 6 heteroatoms. The molecule has 1 unspecified atom stereocenters. The molecule has 2 aromatic carbocycles. The molecule has 0 fully saturated rings. The molecular formula is C24H32N2O4.